The van der Waals surface area contributed by atoms with Crippen LogP contribution in [0.4, 0.5) is 5.69 Å². The summed E-state index contributed by atoms with van der Waals surface area (Å²) in [5.41, 5.74) is 1.81. The van der Waals surface area contributed by atoms with Crippen molar-refractivity contribution in [3.63, 3.8) is 0 Å². The summed E-state index contributed by atoms with van der Waals surface area (Å²) >= 11 is 0. The molecular weight excluding hydrogens is 376 g/mol. The second kappa shape index (κ2) is 7.81. The van der Waals surface area contributed by atoms with E-state index in [1.807, 2.05) is 4.90 Å². The van der Waals surface area contributed by atoms with Gasteiger partial charge in [0.05, 0.1) is 21.7 Å². The molecule has 7 nitrogen and oxygen atoms in total. The predicted octanol–water partition coefficient (Wildman–Crippen LogP) is 2.14. The molecule has 0 radical (unpaired) electrons. The van der Waals surface area contributed by atoms with E-state index in [4.69, 9.17) is 0 Å². The highest BCUT2D eigenvalue weighted by atomic mass is 32.2. The van der Waals surface area contributed by atoms with Crippen LogP contribution in [0.15, 0.2) is 47.4 Å². The van der Waals surface area contributed by atoms with Gasteiger partial charge in [-0.25, -0.2) is 8.42 Å². The van der Waals surface area contributed by atoms with E-state index in [-0.39, 0.29) is 23.8 Å². The Labute approximate surface area is 164 Å². The van der Waals surface area contributed by atoms with Crippen LogP contribution in [-0.2, 0) is 10.0 Å². The number of nitrogens with zero attached hydrogens (tertiary/aromatic N) is 4. The monoisotopic (exact) mass is 394 g/mol. The molecule has 1 aliphatic heterocycles. The van der Waals surface area contributed by atoms with Crippen molar-refractivity contribution < 1.29 is 13.2 Å². The molecule has 2 aromatic rings. The molecule has 1 saturated heterocycles. The lowest BCUT2D eigenvalue weighted by atomic mass is 10.1. The molecule has 1 fully saturated rings. The lowest BCUT2D eigenvalue weighted by molar-refractivity contribution is 0.101. The number of benzene rings is 2. The Hall–Kier alpha value is -3.20. The third kappa shape index (κ3) is 3.61. The number of ketones is 1. The van der Waals surface area contributed by atoms with E-state index < -0.39 is 10.0 Å². The van der Waals surface area contributed by atoms with Crippen molar-refractivity contribution in [2.45, 2.75) is 11.8 Å². The maximum absolute atomic E-state index is 12.9. The SMILES string of the molecule is CC(=O)c1ccc(S(=O)(=O)N2CCN(c3c(C#N)cccc3C#N)CC2)cc1. The Morgan fingerprint density at radius 2 is 1.46 bits per heavy atom. The molecule has 1 heterocycles. The minimum atomic E-state index is -3.68. The van der Waals surface area contributed by atoms with E-state index >= 15 is 0 Å². The smallest absolute Gasteiger partial charge is 0.243 e. The van der Waals surface area contributed by atoms with Crippen LogP contribution in [0.5, 0.6) is 0 Å². The van der Waals surface area contributed by atoms with E-state index in [1.54, 1.807) is 18.2 Å². The fourth-order valence-electron chi connectivity index (χ4n) is 3.23. The number of carbonyl (C=O) groups excluding carboxylic acids is 1. The fraction of sp³-hybridized carbons (Fsp3) is 0.250. The zero-order valence-electron chi connectivity index (χ0n) is 15.3. The number of sulfonamides is 1. The standard InChI is InChI=1S/C20H18N4O3S/c1-15(25)16-5-7-19(8-6-16)28(26,27)24-11-9-23(10-12-24)20-17(13-21)3-2-4-18(20)14-22/h2-8H,9-12H2,1H3. The zero-order chi connectivity index (χ0) is 20.3. The van der Waals surface area contributed by atoms with E-state index in [9.17, 15) is 23.7 Å². The van der Waals surface area contributed by atoms with Gasteiger partial charge in [0.25, 0.3) is 0 Å². The van der Waals surface area contributed by atoms with Gasteiger partial charge in [-0.1, -0.05) is 18.2 Å². The summed E-state index contributed by atoms with van der Waals surface area (Å²) in [6, 6.07) is 15.0. The Bertz CT molecular complexity index is 1060. The molecule has 142 valence electrons. The van der Waals surface area contributed by atoms with Crippen LogP contribution < -0.4 is 4.90 Å². The summed E-state index contributed by atoms with van der Waals surface area (Å²) in [7, 11) is -3.68. The molecule has 0 aliphatic carbocycles. The van der Waals surface area contributed by atoms with E-state index in [0.29, 0.717) is 35.5 Å². The number of Topliss-reactive ketones (excluding diaryl/α,β-unsaturated/α-hetero) is 1. The average molecular weight is 394 g/mol. The number of piperazine rings is 1. The maximum atomic E-state index is 12.9. The van der Waals surface area contributed by atoms with E-state index in [0.717, 1.165) is 0 Å². The Morgan fingerprint density at radius 3 is 1.93 bits per heavy atom. The van der Waals surface area contributed by atoms with Crippen LogP contribution in [0.1, 0.15) is 28.4 Å². The summed E-state index contributed by atoms with van der Waals surface area (Å²) in [6.07, 6.45) is 0. The lowest BCUT2D eigenvalue weighted by Gasteiger charge is -2.36. The molecule has 8 heteroatoms. The average Bonchev–Trinajstić information content (AvgIpc) is 2.73. The minimum Gasteiger partial charge on any atom is -0.367 e. The lowest BCUT2D eigenvalue weighted by Crippen LogP contribution is -2.49. The topological polar surface area (TPSA) is 105 Å². The summed E-state index contributed by atoms with van der Waals surface area (Å²) in [4.78, 5) is 13.4. The largest absolute Gasteiger partial charge is 0.367 e. The summed E-state index contributed by atoms with van der Waals surface area (Å²) in [5.74, 6) is -0.123. The number of nitriles is 2. The first-order chi connectivity index (χ1) is 13.4. The van der Waals surface area contributed by atoms with Crippen molar-refractivity contribution in [1.82, 2.24) is 4.31 Å². The molecule has 0 amide bonds. The molecule has 0 N–H and O–H groups in total. The molecule has 1 aliphatic rings. The molecule has 0 unspecified atom stereocenters. The predicted molar refractivity (Wildman–Crippen MR) is 103 cm³/mol. The second-order valence-electron chi connectivity index (χ2n) is 6.40. The van der Waals surface area contributed by atoms with Crippen LogP contribution >= 0.6 is 0 Å². The van der Waals surface area contributed by atoms with Crippen LogP contribution in [0.2, 0.25) is 0 Å². The number of carbonyl (C=O) groups is 1. The van der Waals surface area contributed by atoms with Crippen LogP contribution in [0, 0.1) is 22.7 Å². The highest BCUT2D eigenvalue weighted by Gasteiger charge is 2.30. The third-order valence-corrected chi connectivity index (χ3v) is 6.64. The highest BCUT2D eigenvalue weighted by Crippen LogP contribution is 2.27. The number of rotatable bonds is 4. The normalized spacial score (nSPS) is 14.9. The van der Waals surface area contributed by atoms with Gasteiger partial charge in [-0.2, -0.15) is 14.8 Å². The van der Waals surface area contributed by atoms with Gasteiger partial charge < -0.3 is 4.90 Å². The molecule has 0 spiro atoms. The van der Waals surface area contributed by atoms with Crippen LogP contribution in [0.25, 0.3) is 0 Å². The van der Waals surface area contributed by atoms with Crippen molar-refractivity contribution in [1.29, 1.82) is 10.5 Å². The Kier molecular flexibility index (Phi) is 5.46. The van der Waals surface area contributed by atoms with Gasteiger partial charge in [-0.3, -0.25) is 4.79 Å². The molecule has 0 atom stereocenters. The molecule has 28 heavy (non-hydrogen) atoms. The minimum absolute atomic E-state index is 0.123. The van der Waals surface area contributed by atoms with Crippen molar-refractivity contribution in [3.05, 3.63) is 59.2 Å². The zero-order valence-corrected chi connectivity index (χ0v) is 16.1. The van der Waals surface area contributed by atoms with Gasteiger partial charge in [0, 0.05) is 31.7 Å². The molecule has 0 bridgehead atoms. The first-order valence-corrected chi connectivity index (χ1v) is 10.1. The molecule has 0 aromatic heterocycles. The van der Waals surface area contributed by atoms with Crippen LogP contribution in [-0.4, -0.2) is 44.7 Å². The maximum Gasteiger partial charge on any atom is 0.243 e. The number of anilines is 1. The van der Waals surface area contributed by atoms with Gasteiger partial charge in [-0.15, -0.1) is 0 Å². The van der Waals surface area contributed by atoms with Crippen molar-refractivity contribution >= 4 is 21.5 Å². The Morgan fingerprint density at radius 1 is 0.929 bits per heavy atom. The van der Waals surface area contributed by atoms with Gasteiger partial charge >= 0.3 is 0 Å². The summed E-state index contributed by atoms with van der Waals surface area (Å²) < 4.78 is 27.1. The first kappa shape index (κ1) is 19.6. The van der Waals surface area contributed by atoms with Crippen molar-refractivity contribution in [2.24, 2.45) is 0 Å². The number of para-hydroxylation sites is 1. The molecule has 2 aromatic carbocycles. The fourth-order valence-corrected chi connectivity index (χ4v) is 4.65. The van der Waals surface area contributed by atoms with Crippen LogP contribution in [0.3, 0.4) is 0 Å². The molecule has 3 rings (SSSR count). The second-order valence-corrected chi connectivity index (χ2v) is 8.33. The van der Waals surface area contributed by atoms with E-state index in [2.05, 4.69) is 12.1 Å². The van der Waals surface area contributed by atoms with E-state index in [1.165, 1.54) is 35.5 Å². The van der Waals surface area contributed by atoms with Gasteiger partial charge in [0.15, 0.2) is 5.78 Å². The molecule has 0 saturated carbocycles. The quantitative estimate of drug-likeness (QED) is 0.736. The van der Waals surface area contributed by atoms with Gasteiger partial charge in [0.1, 0.15) is 12.1 Å². The van der Waals surface area contributed by atoms with Gasteiger partial charge in [0.2, 0.25) is 10.0 Å². The summed E-state index contributed by atoms with van der Waals surface area (Å²) in [6.45, 7) is 2.65. The Balaban J connectivity index is 1.80. The number of hydrogen-bond acceptors (Lipinski definition) is 6. The van der Waals surface area contributed by atoms with Gasteiger partial charge in [-0.05, 0) is 31.2 Å². The first-order valence-electron chi connectivity index (χ1n) is 8.68. The summed E-state index contributed by atoms with van der Waals surface area (Å²) in [5, 5.41) is 18.7. The number of hydrogen-bond donors (Lipinski definition) is 0. The third-order valence-electron chi connectivity index (χ3n) is 4.73. The molecular formula is C20H18N4O3S. The van der Waals surface area contributed by atoms with Crippen molar-refractivity contribution in [2.75, 3.05) is 31.1 Å². The highest BCUT2D eigenvalue weighted by molar-refractivity contribution is 7.89. The van der Waals surface area contributed by atoms with Crippen molar-refractivity contribution in [3.8, 4) is 12.1 Å².